The van der Waals surface area contributed by atoms with Crippen molar-refractivity contribution in [2.24, 2.45) is 0 Å². The average Bonchev–Trinajstić information content (AvgIpc) is 2.56. The van der Waals surface area contributed by atoms with Crippen molar-refractivity contribution in [2.75, 3.05) is 19.7 Å². The van der Waals surface area contributed by atoms with Gasteiger partial charge in [-0.25, -0.2) is 4.39 Å². The van der Waals surface area contributed by atoms with Gasteiger partial charge in [-0.15, -0.1) is 0 Å². The lowest BCUT2D eigenvalue weighted by Gasteiger charge is -2.13. The van der Waals surface area contributed by atoms with E-state index in [1.807, 2.05) is 0 Å². The van der Waals surface area contributed by atoms with Crippen LogP contribution < -0.4 is 10.1 Å². The van der Waals surface area contributed by atoms with Crippen LogP contribution >= 0.6 is 0 Å². The fourth-order valence-corrected chi connectivity index (χ4v) is 2.29. The third-order valence-electron chi connectivity index (χ3n) is 3.90. The molecule has 0 bridgehead atoms. The van der Waals surface area contributed by atoms with Crippen LogP contribution in [0.1, 0.15) is 16.7 Å². The summed E-state index contributed by atoms with van der Waals surface area (Å²) in [5.41, 5.74) is 3.82. The number of hydrogen-bond acceptors (Lipinski definition) is 4. The number of nitrogens with one attached hydrogen (secondary N) is 1. The number of aryl methyl sites for hydroxylation is 2. The Morgan fingerprint density at radius 3 is 2.62 bits per heavy atom. The summed E-state index contributed by atoms with van der Waals surface area (Å²) in [5.74, 6) is -0.885. The number of rotatable bonds is 8. The molecule has 2 rings (SSSR count). The molecule has 4 nitrogen and oxygen atoms in total. The number of benzene rings is 2. The summed E-state index contributed by atoms with van der Waals surface area (Å²) in [6, 6.07) is 10.2. The van der Waals surface area contributed by atoms with Gasteiger partial charge < -0.3 is 20.3 Å². The Kier molecular flexibility index (Phi) is 6.58. The molecule has 2 aromatic carbocycles. The van der Waals surface area contributed by atoms with Crippen molar-refractivity contribution in [1.82, 2.24) is 5.32 Å². The fourth-order valence-electron chi connectivity index (χ4n) is 2.29. The minimum atomic E-state index is -0.742. The van der Waals surface area contributed by atoms with Crippen LogP contribution in [0.5, 0.6) is 11.5 Å². The van der Waals surface area contributed by atoms with Gasteiger partial charge in [0, 0.05) is 12.6 Å². The molecular formula is C19H24FNO3. The molecule has 0 amide bonds. The van der Waals surface area contributed by atoms with Crippen LogP contribution in [0.15, 0.2) is 36.4 Å². The van der Waals surface area contributed by atoms with Crippen molar-refractivity contribution in [3.05, 3.63) is 58.9 Å². The lowest BCUT2D eigenvalue weighted by Crippen LogP contribution is -2.32. The van der Waals surface area contributed by atoms with Gasteiger partial charge in [0.2, 0.25) is 0 Å². The molecule has 0 unspecified atom stereocenters. The summed E-state index contributed by atoms with van der Waals surface area (Å²) in [7, 11) is 0. The zero-order chi connectivity index (χ0) is 17.5. The first kappa shape index (κ1) is 18.2. The molecule has 0 aliphatic carbocycles. The zero-order valence-electron chi connectivity index (χ0n) is 14.1. The number of halogens is 1. The van der Waals surface area contributed by atoms with Gasteiger partial charge in [0.25, 0.3) is 0 Å². The van der Waals surface area contributed by atoms with Crippen LogP contribution in [-0.2, 0) is 6.42 Å². The van der Waals surface area contributed by atoms with Gasteiger partial charge in [-0.3, -0.25) is 0 Å². The summed E-state index contributed by atoms with van der Waals surface area (Å²) >= 11 is 0. The van der Waals surface area contributed by atoms with Gasteiger partial charge in [-0.05, 0) is 55.6 Å². The second-order valence-electron chi connectivity index (χ2n) is 5.95. The Morgan fingerprint density at radius 2 is 1.92 bits per heavy atom. The Balaban J connectivity index is 1.66. The van der Waals surface area contributed by atoms with E-state index in [2.05, 4.69) is 37.4 Å². The lowest BCUT2D eigenvalue weighted by molar-refractivity contribution is 0.106. The molecular weight excluding hydrogens is 309 g/mol. The monoisotopic (exact) mass is 333 g/mol. The van der Waals surface area contributed by atoms with Gasteiger partial charge in [0.1, 0.15) is 18.5 Å². The van der Waals surface area contributed by atoms with Crippen molar-refractivity contribution >= 4 is 0 Å². The van der Waals surface area contributed by atoms with Gasteiger partial charge in [0.05, 0.1) is 0 Å². The minimum absolute atomic E-state index is 0.0564. The highest BCUT2D eigenvalue weighted by atomic mass is 19.1. The first-order chi connectivity index (χ1) is 11.5. The molecule has 0 saturated heterocycles. The molecule has 0 heterocycles. The maximum absolute atomic E-state index is 13.2. The third kappa shape index (κ3) is 5.51. The third-order valence-corrected chi connectivity index (χ3v) is 3.90. The van der Waals surface area contributed by atoms with Crippen molar-refractivity contribution in [1.29, 1.82) is 0 Å². The Morgan fingerprint density at radius 1 is 1.12 bits per heavy atom. The predicted octanol–water partition coefficient (Wildman–Crippen LogP) is 2.72. The van der Waals surface area contributed by atoms with E-state index in [1.54, 1.807) is 0 Å². The number of aromatic hydroxyl groups is 1. The van der Waals surface area contributed by atoms with E-state index in [0.717, 1.165) is 19.0 Å². The number of hydrogen-bond donors (Lipinski definition) is 3. The zero-order valence-corrected chi connectivity index (χ0v) is 14.1. The molecule has 0 aliphatic rings. The molecule has 0 aromatic heterocycles. The van der Waals surface area contributed by atoms with Crippen molar-refractivity contribution in [3.8, 4) is 11.5 Å². The van der Waals surface area contributed by atoms with E-state index in [-0.39, 0.29) is 12.4 Å². The Labute approximate surface area is 141 Å². The molecule has 130 valence electrons. The molecule has 0 saturated carbocycles. The van der Waals surface area contributed by atoms with Crippen molar-refractivity contribution < 1.29 is 19.3 Å². The number of aliphatic hydroxyl groups excluding tert-OH is 1. The van der Waals surface area contributed by atoms with Crippen LogP contribution in [0, 0.1) is 19.7 Å². The second kappa shape index (κ2) is 8.66. The van der Waals surface area contributed by atoms with E-state index in [1.165, 1.54) is 28.8 Å². The number of aliphatic hydroxyl groups is 1. The molecule has 1 atom stereocenters. The molecule has 5 heteroatoms. The standard InChI is InChI=1S/C19H24FNO3/c1-13-3-4-15(9-14(13)2)7-8-21-11-16(22)12-24-17-5-6-19(23)18(20)10-17/h3-6,9-10,16,21-23H,7-8,11-12H2,1-2H3/t16-/m0/s1. The van der Waals surface area contributed by atoms with E-state index >= 15 is 0 Å². The maximum Gasteiger partial charge on any atom is 0.168 e. The topological polar surface area (TPSA) is 61.7 Å². The first-order valence-corrected chi connectivity index (χ1v) is 8.02. The van der Waals surface area contributed by atoms with Gasteiger partial charge in [-0.1, -0.05) is 18.2 Å². The summed E-state index contributed by atoms with van der Waals surface area (Å²) in [5, 5.41) is 22.2. The summed E-state index contributed by atoms with van der Waals surface area (Å²) < 4.78 is 18.5. The highest BCUT2D eigenvalue weighted by Gasteiger charge is 2.07. The van der Waals surface area contributed by atoms with Crippen LogP contribution in [-0.4, -0.2) is 36.0 Å². The number of phenols is 1. The normalized spacial score (nSPS) is 12.2. The number of phenolic OH excluding ortho intramolecular Hbond substituents is 1. The van der Waals surface area contributed by atoms with Crippen LogP contribution in [0.25, 0.3) is 0 Å². The predicted molar refractivity (Wildman–Crippen MR) is 92.1 cm³/mol. The Hall–Kier alpha value is -2.11. The Bertz CT molecular complexity index is 676. The van der Waals surface area contributed by atoms with Gasteiger partial charge >= 0.3 is 0 Å². The average molecular weight is 333 g/mol. The SMILES string of the molecule is Cc1ccc(CCNC[C@H](O)COc2ccc(O)c(F)c2)cc1C. The highest BCUT2D eigenvalue weighted by Crippen LogP contribution is 2.21. The quantitative estimate of drug-likeness (QED) is 0.650. The molecule has 2 aromatic rings. The second-order valence-corrected chi connectivity index (χ2v) is 5.95. The van der Waals surface area contributed by atoms with E-state index in [4.69, 9.17) is 9.84 Å². The highest BCUT2D eigenvalue weighted by molar-refractivity contribution is 5.32. The smallest absolute Gasteiger partial charge is 0.168 e. The van der Waals surface area contributed by atoms with E-state index < -0.39 is 17.7 Å². The van der Waals surface area contributed by atoms with E-state index in [9.17, 15) is 9.50 Å². The van der Waals surface area contributed by atoms with Crippen molar-refractivity contribution in [3.63, 3.8) is 0 Å². The molecule has 0 aliphatic heterocycles. The minimum Gasteiger partial charge on any atom is -0.505 e. The van der Waals surface area contributed by atoms with Crippen LogP contribution in [0.3, 0.4) is 0 Å². The summed E-state index contributed by atoms with van der Waals surface area (Å²) in [4.78, 5) is 0. The maximum atomic E-state index is 13.2. The van der Waals surface area contributed by atoms with E-state index in [0.29, 0.717) is 6.54 Å². The fraction of sp³-hybridized carbons (Fsp3) is 0.368. The lowest BCUT2D eigenvalue weighted by atomic mass is 10.0. The molecule has 0 fully saturated rings. The van der Waals surface area contributed by atoms with Gasteiger partial charge in [0.15, 0.2) is 11.6 Å². The van der Waals surface area contributed by atoms with Crippen LogP contribution in [0.2, 0.25) is 0 Å². The summed E-state index contributed by atoms with van der Waals surface area (Å²) in [6.07, 6.45) is 0.194. The van der Waals surface area contributed by atoms with Gasteiger partial charge in [-0.2, -0.15) is 0 Å². The molecule has 0 radical (unpaired) electrons. The molecule has 24 heavy (non-hydrogen) atoms. The summed E-state index contributed by atoms with van der Waals surface area (Å²) in [6.45, 7) is 5.40. The molecule has 3 N–H and O–H groups in total. The number of ether oxygens (including phenoxy) is 1. The first-order valence-electron chi connectivity index (χ1n) is 8.02. The van der Waals surface area contributed by atoms with Crippen LogP contribution in [0.4, 0.5) is 4.39 Å². The van der Waals surface area contributed by atoms with Crippen molar-refractivity contribution in [2.45, 2.75) is 26.4 Å². The molecule has 0 spiro atoms. The largest absolute Gasteiger partial charge is 0.505 e.